The predicted octanol–water partition coefficient (Wildman–Crippen LogP) is 1.68. The molecule has 8 nitrogen and oxygen atoms in total. The summed E-state index contributed by atoms with van der Waals surface area (Å²) in [5, 5.41) is 15.9. The number of fused-ring (bicyclic) bond motifs is 1. The number of nitrogens with one attached hydrogen (secondary N) is 1. The van der Waals surface area contributed by atoms with Gasteiger partial charge in [0.2, 0.25) is 6.79 Å². The summed E-state index contributed by atoms with van der Waals surface area (Å²) in [6, 6.07) is 5.03. The zero-order valence-electron chi connectivity index (χ0n) is 12.6. The van der Waals surface area contributed by atoms with E-state index in [0.717, 1.165) is 0 Å². The number of hydrogen-bond donors (Lipinski definition) is 2. The first-order chi connectivity index (χ1) is 10.9. The molecule has 0 unspecified atom stereocenters. The van der Waals surface area contributed by atoms with Crippen LogP contribution in [-0.2, 0) is 10.3 Å². The molecule has 0 spiro atoms. The summed E-state index contributed by atoms with van der Waals surface area (Å²) in [6.07, 6.45) is 2.86. The lowest BCUT2D eigenvalue weighted by Crippen LogP contribution is -2.35. The molecule has 1 aliphatic heterocycles. The molecular weight excluding hydrogens is 302 g/mol. The fourth-order valence-electron chi connectivity index (χ4n) is 2.10. The topological polar surface area (TPSA) is 103 Å². The number of aliphatic carboxylic acids is 1. The van der Waals surface area contributed by atoms with E-state index in [9.17, 15) is 14.7 Å². The monoisotopic (exact) mass is 317 g/mol. The zero-order chi connectivity index (χ0) is 16.6. The Kier molecular flexibility index (Phi) is 3.44. The molecule has 0 saturated heterocycles. The van der Waals surface area contributed by atoms with Crippen molar-refractivity contribution in [1.82, 2.24) is 9.78 Å². The average molecular weight is 317 g/mol. The van der Waals surface area contributed by atoms with Crippen LogP contribution in [0.3, 0.4) is 0 Å². The highest BCUT2D eigenvalue weighted by Crippen LogP contribution is 2.35. The van der Waals surface area contributed by atoms with E-state index in [0.29, 0.717) is 22.7 Å². The maximum absolute atomic E-state index is 12.4. The van der Waals surface area contributed by atoms with Crippen LogP contribution >= 0.6 is 0 Å². The first kappa shape index (κ1) is 14.9. The van der Waals surface area contributed by atoms with Crippen molar-refractivity contribution < 1.29 is 24.2 Å². The van der Waals surface area contributed by atoms with E-state index < -0.39 is 11.5 Å². The molecule has 0 saturated carbocycles. The third-order valence-electron chi connectivity index (χ3n) is 3.58. The lowest BCUT2D eigenvalue weighted by Gasteiger charge is -2.19. The zero-order valence-corrected chi connectivity index (χ0v) is 12.6. The molecule has 1 aromatic heterocycles. The summed E-state index contributed by atoms with van der Waals surface area (Å²) in [5.41, 5.74) is -0.487. The number of hydrogen-bond acceptors (Lipinski definition) is 5. The Bertz CT molecular complexity index is 781. The number of ether oxygens (including phenoxy) is 2. The highest BCUT2D eigenvalue weighted by Gasteiger charge is 2.30. The minimum atomic E-state index is -1.21. The average Bonchev–Trinajstić information content (AvgIpc) is 3.15. The van der Waals surface area contributed by atoms with Gasteiger partial charge < -0.3 is 19.9 Å². The fourth-order valence-corrected chi connectivity index (χ4v) is 2.10. The van der Waals surface area contributed by atoms with Crippen molar-refractivity contribution in [2.24, 2.45) is 0 Å². The van der Waals surface area contributed by atoms with E-state index in [2.05, 4.69) is 10.4 Å². The largest absolute Gasteiger partial charge is 0.479 e. The lowest BCUT2D eigenvalue weighted by atomic mass is 10.1. The van der Waals surface area contributed by atoms with E-state index in [1.807, 2.05) is 0 Å². The normalized spacial score (nSPS) is 13.0. The summed E-state index contributed by atoms with van der Waals surface area (Å²) in [4.78, 5) is 23.6. The minimum Gasteiger partial charge on any atom is -0.479 e. The van der Waals surface area contributed by atoms with E-state index in [-0.39, 0.29) is 12.7 Å². The Morgan fingerprint density at radius 1 is 1.35 bits per heavy atom. The summed E-state index contributed by atoms with van der Waals surface area (Å²) >= 11 is 0. The van der Waals surface area contributed by atoms with Crippen molar-refractivity contribution in [2.45, 2.75) is 19.4 Å². The van der Waals surface area contributed by atoms with Gasteiger partial charge in [-0.25, -0.2) is 4.79 Å². The first-order valence-electron chi connectivity index (χ1n) is 6.88. The van der Waals surface area contributed by atoms with Crippen molar-refractivity contribution in [1.29, 1.82) is 0 Å². The summed E-state index contributed by atoms with van der Waals surface area (Å²) in [5.74, 6) is -0.506. The number of carbonyl (C=O) groups excluding carboxylic acids is 1. The molecular formula is C15H15N3O5. The number of para-hydroxylation sites is 1. The van der Waals surface area contributed by atoms with Gasteiger partial charge in [0.25, 0.3) is 5.91 Å². The Morgan fingerprint density at radius 2 is 2.13 bits per heavy atom. The van der Waals surface area contributed by atoms with Gasteiger partial charge in [-0.3, -0.25) is 9.48 Å². The van der Waals surface area contributed by atoms with Crippen LogP contribution < -0.4 is 14.8 Å². The number of amides is 1. The van der Waals surface area contributed by atoms with Crippen molar-refractivity contribution in [2.75, 3.05) is 12.1 Å². The number of carboxylic acid groups (broad SMARTS) is 1. The van der Waals surface area contributed by atoms with Crippen LogP contribution in [0.4, 0.5) is 5.69 Å². The predicted molar refractivity (Wildman–Crippen MR) is 79.7 cm³/mol. The molecule has 1 aromatic carbocycles. The number of nitrogens with zero attached hydrogens (tertiary/aromatic N) is 2. The molecule has 2 N–H and O–H groups in total. The van der Waals surface area contributed by atoms with Crippen molar-refractivity contribution >= 4 is 17.6 Å². The molecule has 1 aliphatic rings. The van der Waals surface area contributed by atoms with Gasteiger partial charge in [-0.05, 0) is 26.0 Å². The number of aromatic nitrogens is 2. The van der Waals surface area contributed by atoms with Crippen LogP contribution in [0.15, 0.2) is 30.6 Å². The third kappa shape index (κ3) is 2.59. The molecule has 1 amide bonds. The summed E-state index contributed by atoms with van der Waals surface area (Å²) < 4.78 is 11.8. The van der Waals surface area contributed by atoms with Gasteiger partial charge >= 0.3 is 5.97 Å². The second-order valence-corrected chi connectivity index (χ2v) is 5.53. The summed E-state index contributed by atoms with van der Waals surface area (Å²) in [7, 11) is 0. The number of carboxylic acids is 1. The van der Waals surface area contributed by atoms with Gasteiger partial charge in [0, 0.05) is 6.20 Å². The maximum Gasteiger partial charge on any atom is 0.331 e. The van der Waals surface area contributed by atoms with Crippen LogP contribution in [-0.4, -0.2) is 33.6 Å². The van der Waals surface area contributed by atoms with Gasteiger partial charge in [-0.15, -0.1) is 0 Å². The number of rotatable bonds is 4. The molecule has 0 atom stereocenters. The van der Waals surface area contributed by atoms with Gasteiger partial charge in [0.05, 0.1) is 17.4 Å². The standard InChI is InChI=1S/C15H15N3O5/c1-15(2,14(20)21)18-7-9(6-16-18)17-13(19)10-4-3-5-11-12(10)23-8-22-11/h3-7H,8H2,1-2H3,(H,17,19)(H,20,21). The van der Waals surface area contributed by atoms with E-state index in [1.165, 1.54) is 30.9 Å². The lowest BCUT2D eigenvalue weighted by molar-refractivity contribution is -0.146. The molecule has 23 heavy (non-hydrogen) atoms. The molecule has 0 aliphatic carbocycles. The smallest absolute Gasteiger partial charge is 0.331 e. The molecule has 120 valence electrons. The Labute approximate surface area is 131 Å². The molecule has 2 heterocycles. The highest BCUT2D eigenvalue weighted by atomic mass is 16.7. The third-order valence-corrected chi connectivity index (χ3v) is 3.58. The Balaban J connectivity index is 1.81. The van der Waals surface area contributed by atoms with Crippen LogP contribution in [0.25, 0.3) is 0 Å². The molecule has 0 radical (unpaired) electrons. The van der Waals surface area contributed by atoms with Crippen molar-refractivity contribution in [3.63, 3.8) is 0 Å². The minimum absolute atomic E-state index is 0.0738. The van der Waals surface area contributed by atoms with Gasteiger partial charge in [-0.1, -0.05) is 6.07 Å². The van der Waals surface area contributed by atoms with Crippen molar-refractivity contribution in [3.8, 4) is 11.5 Å². The number of anilines is 1. The van der Waals surface area contributed by atoms with Crippen LogP contribution in [0.5, 0.6) is 11.5 Å². The maximum atomic E-state index is 12.4. The molecule has 3 rings (SSSR count). The number of carbonyl (C=O) groups is 2. The van der Waals surface area contributed by atoms with E-state index >= 15 is 0 Å². The second-order valence-electron chi connectivity index (χ2n) is 5.53. The van der Waals surface area contributed by atoms with Crippen LogP contribution in [0.2, 0.25) is 0 Å². The molecule has 2 aromatic rings. The van der Waals surface area contributed by atoms with Crippen LogP contribution in [0.1, 0.15) is 24.2 Å². The summed E-state index contributed by atoms with van der Waals surface area (Å²) in [6.45, 7) is 3.11. The molecule has 0 fully saturated rings. The molecule has 0 bridgehead atoms. The van der Waals surface area contributed by atoms with Gasteiger partial charge in [-0.2, -0.15) is 5.10 Å². The molecule has 8 heteroatoms. The first-order valence-corrected chi connectivity index (χ1v) is 6.88. The Morgan fingerprint density at radius 3 is 2.87 bits per heavy atom. The van der Waals surface area contributed by atoms with Crippen molar-refractivity contribution in [3.05, 3.63) is 36.2 Å². The van der Waals surface area contributed by atoms with Gasteiger partial charge in [0.15, 0.2) is 17.0 Å². The Hall–Kier alpha value is -3.03. The quantitative estimate of drug-likeness (QED) is 0.889. The SMILES string of the molecule is CC(C)(C(=O)O)n1cc(NC(=O)c2cccc3c2OCO3)cn1. The van der Waals surface area contributed by atoms with Crippen LogP contribution in [0, 0.1) is 0 Å². The van der Waals surface area contributed by atoms with E-state index in [1.54, 1.807) is 18.2 Å². The highest BCUT2D eigenvalue weighted by molar-refractivity contribution is 6.06. The van der Waals surface area contributed by atoms with E-state index in [4.69, 9.17) is 9.47 Å². The second kappa shape index (κ2) is 5.31. The number of benzene rings is 1. The van der Waals surface area contributed by atoms with Gasteiger partial charge in [0.1, 0.15) is 0 Å². The fraction of sp³-hybridized carbons (Fsp3) is 0.267.